The number of aliphatic hydroxyl groups is 1. The third-order valence-electron chi connectivity index (χ3n) is 7.64. The van der Waals surface area contributed by atoms with Gasteiger partial charge in [0.15, 0.2) is 0 Å². The monoisotopic (exact) mass is 494 g/mol. The molecule has 4 rings (SSSR count). The number of rotatable bonds is 6. The second-order valence-electron chi connectivity index (χ2n) is 9.74. The lowest BCUT2D eigenvalue weighted by molar-refractivity contribution is -0.116. The lowest BCUT2D eigenvalue weighted by Crippen LogP contribution is -2.59. The molecule has 2 aliphatic rings. The van der Waals surface area contributed by atoms with Gasteiger partial charge in [-0.3, -0.25) is 4.90 Å². The van der Waals surface area contributed by atoms with Crippen molar-refractivity contribution in [2.24, 2.45) is 5.92 Å². The number of halogens is 2. The van der Waals surface area contributed by atoms with Crippen LogP contribution in [0.25, 0.3) is 0 Å². The van der Waals surface area contributed by atoms with Crippen LogP contribution in [0.15, 0.2) is 54.6 Å². The summed E-state index contributed by atoms with van der Waals surface area (Å²) in [6.45, 7) is 2.63. The minimum atomic E-state index is -0.889. The SMILES string of the molecule is COc1ccccc1C1(O)CCN(C2(c3ccccc3)CCCCC2)CC1CN(C)C.Cl.Cl. The molecular formula is C27H40Cl2N2O2. The molecule has 1 saturated carbocycles. The van der Waals surface area contributed by atoms with Crippen molar-refractivity contribution in [2.75, 3.05) is 40.8 Å². The molecule has 0 amide bonds. The molecule has 2 unspecified atom stereocenters. The highest BCUT2D eigenvalue weighted by Gasteiger charge is 2.49. The van der Waals surface area contributed by atoms with Crippen LogP contribution in [0.5, 0.6) is 5.75 Å². The Morgan fingerprint density at radius 2 is 1.58 bits per heavy atom. The molecule has 4 nitrogen and oxygen atoms in total. The number of para-hydroxylation sites is 1. The van der Waals surface area contributed by atoms with Gasteiger partial charge < -0.3 is 14.7 Å². The van der Waals surface area contributed by atoms with Crippen molar-refractivity contribution < 1.29 is 9.84 Å². The van der Waals surface area contributed by atoms with E-state index in [4.69, 9.17) is 4.74 Å². The van der Waals surface area contributed by atoms with Crippen LogP contribution < -0.4 is 4.74 Å². The highest BCUT2D eigenvalue weighted by molar-refractivity contribution is 5.85. The van der Waals surface area contributed by atoms with E-state index in [-0.39, 0.29) is 36.3 Å². The molecule has 184 valence electrons. The summed E-state index contributed by atoms with van der Waals surface area (Å²) in [5, 5.41) is 12.1. The fraction of sp³-hybridized carbons (Fsp3) is 0.556. The number of likely N-dealkylation sites (tertiary alicyclic amines) is 1. The quantitative estimate of drug-likeness (QED) is 0.577. The minimum absolute atomic E-state index is 0. The van der Waals surface area contributed by atoms with Crippen LogP contribution in [0.1, 0.15) is 49.7 Å². The second-order valence-corrected chi connectivity index (χ2v) is 9.74. The van der Waals surface area contributed by atoms with Crippen molar-refractivity contribution in [3.63, 3.8) is 0 Å². The molecule has 1 aliphatic heterocycles. The molecule has 2 atom stereocenters. The molecule has 33 heavy (non-hydrogen) atoms. The Bertz CT molecular complexity index is 858. The van der Waals surface area contributed by atoms with Crippen LogP contribution in [0.2, 0.25) is 0 Å². The molecular weight excluding hydrogens is 455 g/mol. The van der Waals surface area contributed by atoms with Crippen LogP contribution in [-0.4, -0.2) is 55.7 Å². The Balaban J connectivity index is 0.00000193. The van der Waals surface area contributed by atoms with E-state index < -0.39 is 5.60 Å². The van der Waals surface area contributed by atoms with Gasteiger partial charge in [-0.05, 0) is 45.0 Å². The van der Waals surface area contributed by atoms with E-state index in [1.54, 1.807) is 7.11 Å². The molecule has 1 N–H and O–H groups in total. The summed E-state index contributed by atoms with van der Waals surface area (Å²) in [5.74, 6) is 0.896. The van der Waals surface area contributed by atoms with Crippen molar-refractivity contribution >= 4 is 24.8 Å². The number of piperidine rings is 1. The normalized spacial score (nSPS) is 25.1. The first-order valence-electron chi connectivity index (χ1n) is 11.8. The van der Waals surface area contributed by atoms with Crippen molar-refractivity contribution in [1.82, 2.24) is 9.80 Å². The first kappa shape index (κ1) is 27.9. The predicted molar refractivity (Wildman–Crippen MR) is 141 cm³/mol. The third kappa shape index (κ3) is 5.52. The zero-order valence-electron chi connectivity index (χ0n) is 20.2. The molecule has 0 aromatic heterocycles. The van der Waals surface area contributed by atoms with Gasteiger partial charge in [-0.1, -0.05) is 67.8 Å². The zero-order valence-corrected chi connectivity index (χ0v) is 21.8. The fourth-order valence-electron chi connectivity index (χ4n) is 6.09. The number of ether oxygens (including phenoxy) is 1. The molecule has 2 fully saturated rings. The Labute approximate surface area is 212 Å². The van der Waals surface area contributed by atoms with Gasteiger partial charge in [0.05, 0.1) is 12.7 Å². The van der Waals surface area contributed by atoms with E-state index in [0.29, 0.717) is 0 Å². The second kappa shape index (κ2) is 11.9. The number of benzene rings is 2. The zero-order chi connectivity index (χ0) is 21.9. The molecule has 1 aliphatic carbocycles. The van der Waals surface area contributed by atoms with E-state index in [9.17, 15) is 5.11 Å². The molecule has 1 saturated heterocycles. The molecule has 0 radical (unpaired) electrons. The van der Waals surface area contributed by atoms with Crippen LogP contribution in [0.4, 0.5) is 0 Å². The summed E-state index contributed by atoms with van der Waals surface area (Å²) in [7, 11) is 5.91. The highest BCUT2D eigenvalue weighted by atomic mass is 35.5. The predicted octanol–water partition coefficient (Wildman–Crippen LogP) is 5.47. The van der Waals surface area contributed by atoms with Gasteiger partial charge in [0, 0.05) is 36.7 Å². The maximum atomic E-state index is 12.1. The molecule has 2 aromatic carbocycles. The molecule has 6 heteroatoms. The van der Waals surface area contributed by atoms with E-state index >= 15 is 0 Å². The van der Waals surface area contributed by atoms with Gasteiger partial charge in [-0.15, -0.1) is 24.8 Å². The average Bonchev–Trinajstić information content (AvgIpc) is 2.81. The van der Waals surface area contributed by atoms with Gasteiger partial charge in [-0.2, -0.15) is 0 Å². The Morgan fingerprint density at radius 1 is 0.939 bits per heavy atom. The summed E-state index contributed by atoms with van der Waals surface area (Å²) < 4.78 is 5.66. The maximum Gasteiger partial charge on any atom is 0.124 e. The molecule has 1 heterocycles. The maximum absolute atomic E-state index is 12.1. The number of hydrogen-bond acceptors (Lipinski definition) is 4. The van der Waals surface area contributed by atoms with Gasteiger partial charge in [-0.25, -0.2) is 0 Å². The summed E-state index contributed by atoms with van der Waals surface area (Å²) in [5.41, 5.74) is 1.58. The van der Waals surface area contributed by atoms with Gasteiger partial charge in [0.2, 0.25) is 0 Å². The average molecular weight is 496 g/mol. The molecule has 2 aromatic rings. The standard InChI is InChI=1S/C27H38N2O2.2ClH/c1-28(2)20-23-21-29(19-18-27(23,30)24-14-8-9-15-25(24)31-3)26(16-10-5-11-17-26)22-12-6-4-7-13-22;;/h4,6-9,12-15,23,30H,5,10-11,16-21H2,1-3H3;2*1H. The summed E-state index contributed by atoms with van der Waals surface area (Å²) >= 11 is 0. The van der Waals surface area contributed by atoms with Crippen molar-refractivity contribution in [2.45, 2.75) is 49.7 Å². The molecule has 0 spiro atoms. The van der Waals surface area contributed by atoms with E-state index in [2.05, 4.69) is 54.2 Å². The number of hydrogen-bond donors (Lipinski definition) is 1. The highest BCUT2D eigenvalue weighted by Crippen LogP contribution is 2.48. The Kier molecular flexibility index (Phi) is 10.1. The third-order valence-corrected chi connectivity index (χ3v) is 7.64. The van der Waals surface area contributed by atoms with Gasteiger partial charge >= 0.3 is 0 Å². The van der Waals surface area contributed by atoms with E-state index in [1.165, 1.54) is 37.7 Å². The van der Waals surface area contributed by atoms with Gasteiger partial charge in [0.25, 0.3) is 0 Å². The summed E-state index contributed by atoms with van der Waals surface area (Å²) in [6, 6.07) is 19.1. The first-order chi connectivity index (χ1) is 15.0. The molecule has 0 bridgehead atoms. The van der Waals surface area contributed by atoms with Crippen molar-refractivity contribution in [3.8, 4) is 5.75 Å². The fourth-order valence-corrected chi connectivity index (χ4v) is 6.09. The van der Waals surface area contributed by atoms with Crippen molar-refractivity contribution in [1.29, 1.82) is 0 Å². The van der Waals surface area contributed by atoms with Crippen molar-refractivity contribution in [3.05, 3.63) is 65.7 Å². The van der Waals surface area contributed by atoms with Gasteiger partial charge in [0.1, 0.15) is 5.75 Å². The number of nitrogens with zero attached hydrogens (tertiary/aromatic N) is 2. The largest absolute Gasteiger partial charge is 0.496 e. The minimum Gasteiger partial charge on any atom is -0.496 e. The van der Waals surface area contributed by atoms with Crippen LogP contribution >= 0.6 is 24.8 Å². The lowest BCUT2D eigenvalue weighted by Gasteiger charge is -2.54. The first-order valence-corrected chi connectivity index (χ1v) is 11.8. The topological polar surface area (TPSA) is 35.9 Å². The Hall–Kier alpha value is -1.30. The van der Waals surface area contributed by atoms with Crippen LogP contribution in [0.3, 0.4) is 0 Å². The summed E-state index contributed by atoms with van der Waals surface area (Å²) in [6.07, 6.45) is 7.02. The smallest absolute Gasteiger partial charge is 0.124 e. The Morgan fingerprint density at radius 3 is 2.21 bits per heavy atom. The summed E-state index contributed by atoms with van der Waals surface area (Å²) in [4.78, 5) is 4.92. The lowest BCUT2D eigenvalue weighted by atomic mass is 9.70. The number of methoxy groups -OCH3 is 1. The van der Waals surface area contributed by atoms with E-state index in [0.717, 1.165) is 37.4 Å². The van der Waals surface area contributed by atoms with E-state index in [1.807, 2.05) is 24.3 Å². The van der Waals surface area contributed by atoms with Crippen LogP contribution in [-0.2, 0) is 11.1 Å². The van der Waals surface area contributed by atoms with Crippen LogP contribution in [0, 0.1) is 5.92 Å².